The molecule has 0 amide bonds. The van der Waals surface area contributed by atoms with Gasteiger partial charge in [-0.1, -0.05) is 0 Å². The van der Waals surface area contributed by atoms with Crippen LogP contribution in [0.25, 0.3) is 0 Å². The zero-order valence-corrected chi connectivity index (χ0v) is 14.1. The van der Waals surface area contributed by atoms with Crippen LogP contribution in [0, 0.1) is 6.92 Å². The van der Waals surface area contributed by atoms with Crippen molar-refractivity contribution < 1.29 is 17.9 Å². The Morgan fingerprint density at radius 1 is 1.14 bits per heavy atom. The Hall–Kier alpha value is -0.860. The lowest BCUT2D eigenvalue weighted by molar-refractivity contribution is 0.199. The number of ether oxygens (including phenoxy) is 2. The molecule has 0 spiro atoms. The highest BCUT2D eigenvalue weighted by atomic mass is 35.5. The molecule has 1 aromatic carbocycles. The van der Waals surface area contributed by atoms with Crippen LogP contribution in [0.1, 0.15) is 5.56 Å². The SMILES string of the molecule is COCCNCCNS(=O)(=O)c1ccc(OC)c(C)c1.Cl. The van der Waals surface area contributed by atoms with Gasteiger partial charge in [0.1, 0.15) is 5.75 Å². The second kappa shape index (κ2) is 9.97. The van der Waals surface area contributed by atoms with Crippen LogP contribution in [0.2, 0.25) is 0 Å². The van der Waals surface area contributed by atoms with Crippen molar-refractivity contribution in [2.75, 3.05) is 40.5 Å². The van der Waals surface area contributed by atoms with Gasteiger partial charge in [-0.05, 0) is 30.7 Å². The molecule has 6 nitrogen and oxygen atoms in total. The Balaban J connectivity index is 0.00000400. The number of rotatable bonds is 9. The van der Waals surface area contributed by atoms with Crippen molar-refractivity contribution in [2.24, 2.45) is 0 Å². The van der Waals surface area contributed by atoms with E-state index in [-0.39, 0.29) is 17.3 Å². The summed E-state index contributed by atoms with van der Waals surface area (Å²) in [7, 11) is -0.300. The molecule has 0 aliphatic carbocycles. The lowest BCUT2D eigenvalue weighted by Crippen LogP contribution is -2.33. The summed E-state index contributed by atoms with van der Waals surface area (Å²) in [5.41, 5.74) is 0.786. The first-order chi connectivity index (χ1) is 9.51. The number of hydrogen-bond acceptors (Lipinski definition) is 5. The third kappa shape index (κ3) is 6.62. The molecule has 0 aliphatic heterocycles. The molecule has 0 unspecified atom stereocenters. The summed E-state index contributed by atoms with van der Waals surface area (Å²) in [5, 5.41) is 3.07. The average molecular weight is 339 g/mol. The van der Waals surface area contributed by atoms with Crippen molar-refractivity contribution in [3.8, 4) is 5.75 Å². The molecule has 0 radical (unpaired) electrons. The molecule has 122 valence electrons. The Kier molecular flexibility index (Phi) is 9.56. The molecule has 0 bridgehead atoms. The zero-order valence-electron chi connectivity index (χ0n) is 12.5. The fourth-order valence-corrected chi connectivity index (χ4v) is 2.79. The number of sulfonamides is 1. The van der Waals surface area contributed by atoms with Gasteiger partial charge in [0.2, 0.25) is 10.0 Å². The van der Waals surface area contributed by atoms with Gasteiger partial charge in [0, 0.05) is 26.7 Å². The summed E-state index contributed by atoms with van der Waals surface area (Å²) in [6.45, 7) is 3.99. The summed E-state index contributed by atoms with van der Waals surface area (Å²) in [5.74, 6) is 0.671. The fraction of sp³-hybridized carbons (Fsp3) is 0.538. The zero-order chi connectivity index (χ0) is 15.0. The molecule has 8 heteroatoms. The summed E-state index contributed by atoms with van der Waals surface area (Å²) < 4.78 is 36.7. The van der Waals surface area contributed by atoms with Crippen LogP contribution in [-0.2, 0) is 14.8 Å². The smallest absolute Gasteiger partial charge is 0.240 e. The first-order valence-corrected chi connectivity index (χ1v) is 7.83. The minimum absolute atomic E-state index is 0. The molecule has 0 saturated carbocycles. The van der Waals surface area contributed by atoms with E-state index in [4.69, 9.17) is 9.47 Å². The highest BCUT2D eigenvalue weighted by Crippen LogP contribution is 2.20. The second-order valence-corrected chi connectivity index (χ2v) is 6.04. The van der Waals surface area contributed by atoms with Crippen LogP contribution in [0.4, 0.5) is 0 Å². The van der Waals surface area contributed by atoms with Gasteiger partial charge in [-0.15, -0.1) is 12.4 Å². The maximum absolute atomic E-state index is 12.1. The molecule has 0 fully saturated rings. The molecule has 0 atom stereocenters. The number of aryl methyl sites for hydroxylation is 1. The van der Waals surface area contributed by atoms with E-state index >= 15 is 0 Å². The molecule has 0 aliphatic rings. The molecular weight excluding hydrogens is 316 g/mol. The van der Waals surface area contributed by atoms with Crippen LogP contribution in [0.3, 0.4) is 0 Å². The van der Waals surface area contributed by atoms with Crippen LogP contribution < -0.4 is 14.8 Å². The normalized spacial score (nSPS) is 11.0. The molecule has 0 aromatic heterocycles. The molecule has 2 N–H and O–H groups in total. The van der Waals surface area contributed by atoms with E-state index in [1.165, 1.54) is 6.07 Å². The number of nitrogens with one attached hydrogen (secondary N) is 2. The molecule has 1 aromatic rings. The Morgan fingerprint density at radius 2 is 1.86 bits per heavy atom. The summed E-state index contributed by atoms with van der Waals surface area (Å²) in [6.07, 6.45) is 0. The Morgan fingerprint density at radius 3 is 2.43 bits per heavy atom. The Labute approximate surface area is 132 Å². The van der Waals surface area contributed by atoms with E-state index in [2.05, 4.69) is 10.0 Å². The van der Waals surface area contributed by atoms with Crippen LogP contribution in [0.15, 0.2) is 23.1 Å². The Bertz CT molecular complexity index is 523. The maximum atomic E-state index is 12.1. The molecule has 0 saturated heterocycles. The first-order valence-electron chi connectivity index (χ1n) is 6.35. The molecule has 1 rings (SSSR count). The second-order valence-electron chi connectivity index (χ2n) is 4.27. The van der Waals surface area contributed by atoms with Crippen LogP contribution >= 0.6 is 12.4 Å². The van der Waals surface area contributed by atoms with Crippen molar-refractivity contribution in [3.63, 3.8) is 0 Å². The van der Waals surface area contributed by atoms with Gasteiger partial charge >= 0.3 is 0 Å². The van der Waals surface area contributed by atoms with E-state index in [1.54, 1.807) is 26.4 Å². The minimum atomic E-state index is -3.48. The lowest BCUT2D eigenvalue weighted by atomic mass is 10.2. The van der Waals surface area contributed by atoms with Crippen molar-refractivity contribution in [2.45, 2.75) is 11.8 Å². The standard InChI is InChI=1S/C13H22N2O4S.ClH/c1-11-10-12(4-5-13(11)19-3)20(16,17)15-7-6-14-8-9-18-2;/h4-5,10,14-15H,6-9H2,1-3H3;1H. The van der Waals surface area contributed by atoms with E-state index in [0.29, 0.717) is 32.0 Å². The van der Waals surface area contributed by atoms with Crippen LogP contribution in [-0.4, -0.2) is 48.9 Å². The van der Waals surface area contributed by atoms with Gasteiger partial charge in [0.25, 0.3) is 0 Å². The summed E-state index contributed by atoms with van der Waals surface area (Å²) in [6, 6.07) is 4.78. The third-order valence-electron chi connectivity index (χ3n) is 2.75. The predicted molar refractivity (Wildman–Crippen MR) is 84.9 cm³/mol. The largest absolute Gasteiger partial charge is 0.496 e. The molecule has 21 heavy (non-hydrogen) atoms. The predicted octanol–water partition coefficient (Wildman–Crippen LogP) is 0.940. The van der Waals surface area contributed by atoms with Gasteiger partial charge in [-0.2, -0.15) is 0 Å². The monoisotopic (exact) mass is 338 g/mol. The van der Waals surface area contributed by atoms with E-state index in [9.17, 15) is 8.42 Å². The quantitative estimate of drug-likeness (QED) is 0.655. The van der Waals surface area contributed by atoms with Gasteiger partial charge < -0.3 is 14.8 Å². The highest BCUT2D eigenvalue weighted by Gasteiger charge is 2.14. The summed E-state index contributed by atoms with van der Waals surface area (Å²) in [4.78, 5) is 0.243. The minimum Gasteiger partial charge on any atom is -0.496 e. The topological polar surface area (TPSA) is 76.7 Å². The number of benzene rings is 1. The third-order valence-corrected chi connectivity index (χ3v) is 4.21. The van der Waals surface area contributed by atoms with E-state index < -0.39 is 10.0 Å². The van der Waals surface area contributed by atoms with Crippen LogP contribution in [0.5, 0.6) is 5.75 Å². The van der Waals surface area contributed by atoms with Crippen molar-refractivity contribution >= 4 is 22.4 Å². The van der Waals surface area contributed by atoms with E-state index in [0.717, 1.165) is 5.56 Å². The van der Waals surface area contributed by atoms with Crippen molar-refractivity contribution in [1.82, 2.24) is 10.0 Å². The fourth-order valence-electron chi connectivity index (χ4n) is 1.67. The van der Waals surface area contributed by atoms with E-state index in [1.807, 2.05) is 6.92 Å². The van der Waals surface area contributed by atoms with Gasteiger partial charge in [0.15, 0.2) is 0 Å². The van der Waals surface area contributed by atoms with Crippen molar-refractivity contribution in [3.05, 3.63) is 23.8 Å². The first kappa shape index (κ1) is 20.1. The van der Waals surface area contributed by atoms with Gasteiger partial charge in [-0.3, -0.25) is 0 Å². The van der Waals surface area contributed by atoms with Gasteiger partial charge in [0.05, 0.1) is 18.6 Å². The maximum Gasteiger partial charge on any atom is 0.240 e. The van der Waals surface area contributed by atoms with Gasteiger partial charge in [-0.25, -0.2) is 13.1 Å². The number of halogens is 1. The lowest BCUT2D eigenvalue weighted by Gasteiger charge is -2.10. The van der Waals surface area contributed by atoms with Crippen molar-refractivity contribution in [1.29, 1.82) is 0 Å². The summed E-state index contributed by atoms with van der Waals surface area (Å²) >= 11 is 0. The average Bonchev–Trinajstić information content (AvgIpc) is 2.42. The molecular formula is C13H23ClN2O4S. The highest BCUT2D eigenvalue weighted by molar-refractivity contribution is 7.89. The number of methoxy groups -OCH3 is 2. The molecule has 0 heterocycles. The number of hydrogen-bond donors (Lipinski definition) is 2.